The molecule has 0 bridgehead atoms. The maximum absolute atomic E-state index is 14.0. The summed E-state index contributed by atoms with van der Waals surface area (Å²) in [6.07, 6.45) is 0.697. The first-order chi connectivity index (χ1) is 19.6. The highest BCUT2D eigenvalue weighted by Crippen LogP contribution is 2.34. The fourth-order valence-electron chi connectivity index (χ4n) is 4.24. The van der Waals surface area contributed by atoms with Crippen LogP contribution in [-0.4, -0.2) is 57.5 Å². The molecular weight excluding hydrogens is 573 g/mol. The Kier molecular flexibility index (Phi) is 9.72. The van der Waals surface area contributed by atoms with Gasteiger partial charge in [0.25, 0.3) is 10.0 Å². The molecule has 1 aliphatic rings. The number of rotatable bonds is 11. The van der Waals surface area contributed by atoms with Crippen molar-refractivity contribution in [2.24, 2.45) is 0 Å². The lowest BCUT2D eigenvalue weighted by atomic mass is 10.1. The standard InChI is InChI=1S/C29H31ClFN3O6S/c1-3-14-32-29(36)20(2)33(18-21-6-4-5-7-25(21)30)28(35)19-34(23-10-8-22(31)9-11-23)41(37,38)24-12-13-26-27(17-24)40-16-15-39-26/h4-13,17,20H,3,14-16,18-19H2,1-2H3,(H,32,36)/t20-/m1/s1. The van der Waals surface area contributed by atoms with Gasteiger partial charge in [0.05, 0.1) is 10.6 Å². The maximum Gasteiger partial charge on any atom is 0.264 e. The van der Waals surface area contributed by atoms with Gasteiger partial charge in [0.15, 0.2) is 11.5 Å². The van der Waals surface area contributed by atoms with Crippen molar-refractivity contribution < 1.29 is 31.9 Å². The van der Waals surface area contributed by atoms with Gasteiger partial charge in [-0.3, -0.25) is 13.9 Å². The first kappa shape index (κ1) is 30.1. The lowest BCUT2D eigenvalue weighted by molar-refractivity contribution is -0.139. The van der Waals surface area contributed by atoms with Crippen molar-refractivity contribution in [2.45, 2.75) is 37.8 Å². The normalized spacial score (nSPS) is 13.3. The van der Waals surface area contributed by atoms with E-state index in [0.29, 0.717) is 35.9 Å². The number of halogens is 2. The molecule has 0 aliphatic carbocycles. The summed E-state index contributed by atoms with van der Waals surface area (Å²) in [6.45, 7) is 3.76. The van der Waals surface area contributed by atoms with E-state index in [0.717, 1.165) is 16.4 Å². The molecule has 0 saturated carbocycles. The van der Waals surface area contributed by atoms with E-state index in [1.165, 1.54) is 35.2 Å². The second-order valence-electron chi connectivity index (χ2n) is 9.37. The van der Waals surface area contributed by atoms with Crippen LogP contribution in [0.4, 0.5) is 10.1 Å². The van der Waals surface area contributed by atoms with Crippen LogP contribution in [0.2, 0.25) is 5.02 Å². The first-order valence-electron chi connectivity index (χ1n) is 13.1. The molecule has 4 rings (SSSR count). The predicted octanol–water partition coefficient (Wildman–Crippen LogP) is 4.39. The summed E-state index contributed by atoms with van der Waals surface area (Å²) in [6, 6.07) is 14.9. The van der Waals surface area contributed by atoms with Crippen molar-refractivity contribution in [3.05, 3.63) is 83.1 Å². The van der Waals surface area contributed by atoms with E-state index in [4.69, 9.17) is 21.1 Å². The van der Waals surface area contributed by atoms with Crippen LogP contribution >= 0.6 is 11.6 Å². The van der Waals surface area contributed by atoms with E-state index in [1.54, 1.807) is 31.2 Å². The van der Waals surface area contributed by atoms with E-state index in [1.807, 2.05) is 6.92 Å². The minimum absolute atomic E-state index is 0.0411. The largest absolute Gasteiger partial charge is 0.486 e. The van der Waals surface area contributed by atoms with Gasteiger partial charge in [-0.2, -0.15) is 0 Å². The first-order valence-corrected chi connectivity index (χ1v) is 14.9. The second kappa shape index (κ2) is 13.2. The Bertz CT molecular complexity index is 1500. The fraction of sp³-hybridized carbons (Fsp3) is 0.310. The molecule has 1 N–H and O–H groups in total. The fourth-order valence-corrected chi connectivity index (χ4v) is 5.86. The smallest absolute Gasteiger partial charge is 0.264 e. The zero-order chi connectivity index (χ0) is 29.6. The number of benzene rings is 3. The van der Waals surface area contributed by atoms with Gasteiger partial charge >= 0.3 is 0 Å². The summed E-state index contributed by atoms with van der Waals surface area (Å²) in [4.78, 5) is 28.0. The van der Waals surface area contributed by atoms with Gasteiger partial charge in [0, 0.05) is 24.2 Å². The van der Waals surface area contributed by atoms with Gasteiger partial charge < -0.3 is 19.7 Å². The zero-order valence-electron chi connectivity index (χ0n) is 22.7. The van der Waals surface area contributed by atoms with Crippen LogP contribution in [0.15, 0.2) is 71.6 Å². The highest BCUT2D eigenvalue weighted by molar-refractivity contribution is 7.92. The van der Waals surface area contributed by atoms with Crippen molar-refractivity contribution in [2.75, 3.05) is 30.6 Å². The summed E-state index contributed by atoms with van der Waals surface area (Å²) in [5, 5.41) is 3.17. The summed E-state index contributed by atoms with van der Waals surface area (Å²) in [5.74, 6) is -0.968. The molecule has 218 valence electrons. The van der Waals surface area contributed by atoms with Crippen molar-refractivity contribution in [3.8, 4) is 11.5 Å². The highest BCUT2D eigenvalue weighted by atomic mass is 35.5. The van der Waals surface area contributed by atoms with E-state index in [-0.39, 0.29) is 29.5 Å². The molecule has 41 heavy (non-hydrogen) atoms. The Morgan fingerprint density at radius 1 is 1.02 bits per heavy atom. The summed E-state index contributed by atoms with van der Waals surface area (Å²) in [7, 11) is -4.37. The number of carbonyl (C=O) groups is 2. The lowest BCUT2D eigenvalue weighted by Gasteiger charge is -2.32. The topological polar surface area (TPSA) is 105 Å². The number of amides is 2. The number of nitrogens with one attached hydrogen (secondary N) is 1. The SMILES string of the molecule is CCCNC(=O)[C@@H](C)N(Cc1ccccc1Cl)C(=O)CN(c1ccc(F)cc1)S(=O)(=O)c1ccc2c(c1)OCCO2. The molecule has 1 aliphatic heterocycles. The third kappa shape index (κ3) is 7.09. The number of hydrogen-bond donors (Lipinski definition) is 1. The van der Waals surface area contributed by atoms with Crippen molar-refractivity contribution >= 4 is 39.1 Å². The Hall–Kier alpha value is -3.83. The number of hydrogen-bond acceptors (Lipinski definition) is 6. The Morgan fingerprint density at radius 2 is 1.71 bits per heavy atom. The molecule has 0 saturated heterocycles. The monoisotopic (exact) mass is 603 g/mol. The van der Waals surface area contributed by atoms with Crippen LogP contribution < -0.4 is 19.1 Å². The van der Waals surface area contributed by atoms with E-state index in [9.17, 15) is 22.4 Å². The van der Waals surface area contributed by atoms with Crippen LogP contribution in [0, 0.1) is 5.82 Å². The molecule has 3 aromatic rings. The number of fused-ring (bicyclic) bond motifs is 1. The quantitative estimate of drug-likeness (QED) is 0.349. The number of ether oxygens (including phenoxy) is 2. The van der Waals surface area contributed by atoms with Crippen molar-refractivity contribution in [1.82, 2.24) is 10.2 Å². The van der Waals surface area contributed by atoms with E-state index < -0.39 is 40.2 Å². The molecule has 0 spiro atoms. The van der Waals surface area contributed by atoms with Crippen molar-refractivity contribution in [3.63, 3.8) is 0 Å². The number of carbonyl (C=O) groups excluding carboxylic acids is 2. The summed E-state index contributed by atoms with van der Waals surface area (Å²) in [5.41, 5.74) is 0.649. The molecule has 1 atom stereocenters. The third-order valence-electron chi connectivity index (χ3n) is 6.51. The average molecular weight is 604 g/mol. The molecule has 9 nitrogen and oxygen atoms in total. The van der Waals surface area contributed by atoms with Crippen LogP contribution in [0.5, 0.6) is 11.5 Å². The molecule has 0 aromatic heterocycles. The number of anilines is 1. The molecule has 3 aromatic carbocycles. The Morgan fingerprint density at radius 3 is 2.39 bits per heavy atom. The zero-order valence-corrected chi connectivity index (χ0v) is 24.3. The molecule has 12 heteroatoms. The van der Waals surface area contributed by atoms with Crippen LogP contribution in [0.25, 0.3) is 0 Å². The maximum atomic E-state index is 14.0. The Balaban J connectivity index is 1.72. The van der Waals surface area contributed by atoms with Gasteiger partial charge in [-0.05, 0) is 61.4 Å². The molecular formula is C29H31ClFN3O6S. The van der Waals surface area contributed by atoms with E-state index >= 15 is 0 Å². The molecule has 0 fully saturated rings. The summed E-state index contributed by atoms with van der Waals surface area (Å²) < 4.78 is 53.7. The minimum atomic E-state index is -4.37. The van der Waals surface area contributed by atoms with Crippen LogP contribution in [-0.2, 0) is 26.2 Å². The molecule has 2 amide bonds. The van der Waals surface area contributed by atoms with Gasteiger partial charge in [-0.15, -0.1) is 0 Å². The van der Waals surface area contributed by atoms with Gasteiger partial charge in [-0.25, -0.2) is 12.8 Å². The minimum Gasteiger partial charge on any atom is -0.486 e. The van der Waals surface area contributed by atoms with Gasteiger partial charge in [0.1, 0.15) is 31.6 Å². The summed E-state index contributed by atoms with van der Waals surface area (Å²) >= 11 is 6.37. The number of nitrogens with zero attached hydrogens (tertiary/aromatic N) is 2. The highest BCUT2D eigenvalue weighted by Gasteiger charge is 2.33. The molecule has 0 unspecified atom stereocenters. The predicted molar refractivity (Wildman–Crippen MR) is 153 cm³/mol. The van der Waals surface area contributed by atoms with Crippen LogP contribution in [0.1, 0.15) is 25.8 Å². The lowest BCUT2D eigenvalue weighted by Crippen LogP contribution is -2.51. The molecule has 1 heterocycles. The average Bonchev–Trinajstić information content (AvgIpc) is 2.98. The second-order valence-corrected chi connectivity index (χ2v) is 11.6. The van der Waals surface area contributed by atoms with Crippen LogP contribution in [0.3, 0.4) is 0 Å². The third-order valence-corrected chi connectivity index (χ3v) is 8.65. The molecule has 0 radical (unpaired) electrons. The number of sulfonamides is 1. The van der Waals surface area contributed by atoms with Gasteiger partial charge in [0.2, 0.25) is 11.8 Å². The Labute approximate surface area is 243 Å². The van der Waals surface area contributed by atoms with E-state index in [2.05, 4.69) is 5.32 Å². The van der Waals surface area contributed by atoms with Gasteiger partial charge in [-0.1, -0.05) is 36.7 Å². The van der Waals surface area contributed by atoms with Crippen molar-refractivity contribution in [1.29, 1.82) is 0 Å².